The van der Waals surface area contributed by atoms with E-state index in [0.717, 1.165) is 32.3 Å². The summed E-state index contributed by atoms with van der Waals surface area (Å²) in [4.78, 5) is 32.4. The molecule has 0 amide bonds. The van der Waals surface area contributed by atoms with Crippen LogP contribution in [0.1, 0.15) is 50.8 Å². The molecule has 2 radical (unpaired) electrons. The maximum atomic E-state index is 10.8. The van der Waals surface area contributed by atoms with E-state index in [4.69, 9.17) is 15.3 Å². The van der Waals surface area contributed by atoms with E-state index in [-0.39, 0.29) is 0 Å². The summed E-state index contributed by atoms with van der Waals surface area (Å²) in [7, 11) is 0. The standard InChI is InChI=1S/3C11H8O2.C4H9.Sn.H/c3*12-11(13)10-7-3-5-8-4-1-2-6-9(8)10;1-3-4-2;;/h3*1-7H,(H,12,13);1,3-4H2,2H3;;. The Morgan fingerprint density at radius 1 is 0.477 bits per heavy atom. The minimum absolute atomic E-state index is 0.359. The quantitative estimate of drug-likeness (QED) is 0.156. The first-order chi connectivity index (χ1) is 21.3. The van der Waals surface area contributed by atoms with Gasteiger partial charge in [-0.05, 0) is 50.5 Å². The van der Waals surface area contributed by atoms with E-state index in [2.05, 4.69) is 6.92 Å². The molecule has 6 rings (SSSR count). The van der Waals surface area contributed by atoms with Crippen molar-refractivity contribution < 1.29 is 29.7 Å². The Morgan fingerprint density at radius 3 is 0.977 bits per heavy atom. The van der Waals surface area contributed by atoms with Crippen LogP contribution in [0.15, 0.2) is 127 Å². The van der Waals surface area contributed by atoms with Gasteiger partial charge in [0.1, 0.15) is 0 Å². The van der Waals surface area contributed by atoms with E-state index in [1.165, 1.54) is 39.8 Å². The van der Waals surface area contributed by atoms with Crippen LogP contribution in [0.25, 0.3) is 32.3 Å². The van der Waals surface area contributed by atoms with Crippen LogP contribution >= 0.6 is 0 Å². The van der Waals surface area contributed by atoms with E-state index in [9.17, 15) is 14.4 Å². The molecule has 0 aromatic heterocycles. The van der Waals surface area contributed by atoms with Gasteiger partial charge in [0, 0.05) is 0 Å². The van der Waals surface area contributed by atoms with Crippen LogP contribution in [0, 0.1) is 0 Å². The Labute approximate surface area is 269 Å². The number of carboxylic acids is 3. The SMILES string of the molecule is CCC[CH2][SnH].O=C(O)c1cccc2ccccc12.O=C(O)c1cccc2ccccc12.O=C(O)c1cccc2ccccc12. The molecule has 6 aromatic carbocycles. The number of unbranched alkanes of at least 4 members (excludes halogenated alkanes) is 1. The molecule has 0 saturated heterocycles. The summed E-state index contributed by atoms with van der Waals surface area (Å²) in [5.41, 5.74) is 1.08. The third-order valence-electron chi connectivity index (χ3n) is 6.62. The number of fused-ring (bicyclic) bond motifs is 3. The van der Waals surface area contributed by atoms with Crippen molar-refractivity contribution in [3.8, 4) is 0 Å². The molecule has 6 nitrogen and oxygen atoms in total. The van der Waals surface area contributed by atoms with Crippen molar-refractivity contribution in [2.75, 3.05) is 0 Å². The average molecular weight is 693 g/mol. The molecule has 6 aromatic rings. The maximum absolute atomic E-state index is 10.8. The number of carboxylic acid groups (broad SMARTS) is 3. The Kier molecular flexibility index (Phi) is 13.4. The van der Waals surface area contributed by atoms with Gasteiger partial charge in [-0.3, -0.25) is 0 Å². The van der Waals surface area contributed by atoms with Gasteiger partial charge in [0.15, 0.2) is 0 Å². The molecule has 0 aliphatic rings. The van der Waals surface area contributed by atoms with Gasteiger partial charge in [-0.25, -0.2) is 14.4 Å². The van der Waals surface area contributed by atoms with Crippen molar-refractivity contribution in [2.24, 2.45) is 0 Å². The van der Waals surface area contributed by atoms with Gasteiger partial charge in [0.25, 0.3) is 0 Å². The minimum atomic E-state index is -0.878. The topological polar surface area (TPSA) is 112 Å². The van der Waals surface area contributed by atoms with Gasteiger partial charge in [-0.15, -0.1) is 0 Å². The molecule has 222 valence electrons. The fourth-order valence-corrected chi connectivity index (χ4v) is 5.61. The Morgan fingerprint density at radius 2 is 0.750 bits per heavy atom. The van der Waals surface area contributed by atoms with Crippen molar-refractivity contribution in [1.82, 2.24) is 0 Å². The number of hydrogen-bond acceptors (Lipinski definition) is 3. The average Bonchev–Trinajstić information content (AvgIpc) is 3.05. The van der Waals surface area contributed by atoms with E-state index >= 15 is 0 Å². The molecule has 7 heteroatoms. The van der Waals surface area contributed by atoms with E-state index in [0.29, 0.717) is 16.7 Å². The fourth-order valence-electron chi connectivity index (χ4n) is 4.44. The zero-order chi connectivity index (χ0) is 31.9. The Bertz CT molecular complexity index is 1630. The van der Waals surface area contributed by atoms with Gasteiger partial charge in [-0.1, -0.05) is 109 Å². The Balaban J connectivity index is 0.000000168. The van der Waals surface area contributed by atoms with E-state index in [1.54, 1.807) is 36.4 Å². The van der Waals surface area contributed by atoms with Crippen LogP contribution in [-0.2, 0) is 0 Å². The first-order valence-corrected chi connectivity index (χ1v) is 16.4. The molecule has 0 atom stereocenters. The number of hydrogen-bond donors (Lipinski definition) is 3. The van der Waals surface area contributed by atoms with Crippen LogP contribution in [0.3, 0.4) is 0 Å². The third-order valence-corrected chi connectivity index (χ3v) is 7.78. The first kappa shape index (κ1) is 33.8. The second kappa shape index (κ2) is 17.4. The molecular formula is C37H34O6Sn. The number of carbonyl (C=O) groups is 3. The molecule has 0 unspecified atom stereocenters. The largest absolute Gasteiger partial charge is 0.478 e. The molecular weight excluding hydrogens is 659 g/mol. The molecule has 0 aliphatic carbocycles. The molecule has 0 fully saturated rings. The summed E-state index contributed by atoms with van der Waals surface area (Å²) in [6.07, 6.45) is 2.82. The summed E-state index contributed by atoms with van der Waals surface area (Å²) in [6.45, 7) is 2.23. The predicted octanol–water partition coefficient (Wildman–Crippen LogP) is 8.72. The molecule has 0 spiro atoms. The summed E-state index contributed by atoms with van der Waals surface area (Å²) in [5, 5.41) is 31.9. The zero-order valence-corrected chi connectivity index (χ0v) is 27.7. The van der Waals surface area contributed by atoms with Crippen molar-refractivity contribution in [1.29, 1.82) is 0 Å². The van der Waals surface area contributed by atoms with Gasteiger partial charge in [0.2, 0.25) is 0 Å². The Hall–Kier alpha value is -4.69. The van der Waals surface area contributed by atoms with Crippen molar-refractivity contribution in [3.63, 3.8) is 0 Å². The van der Waals surface area contributed by atoms with Crippen LogP contribution in [0.5, 0.6) is 0 Å². The first-order valence-electron chi connectivity index (χ1n) is 14.1. The van der Waals surface area contributed by atoms with Crippen molar-refractivity contribution in [3.05, 3.63) is 144 Å². The van der Waals surface area contributed by atoms with E-state index in [1.807, 2.05) is 91.0 Å². The summed E-state index contributed by atoms with van der Waals surface area (Å²) >= 11 is 1.45. The van der Waals surface area contributed by atoms with Crippen molar-refractivity contribution >= 4 is 72.8 Å². The van der Waals surface area contributed by atoms with Crippen LogP contribution in [0.2, 0.25) is 4.44 Å². The molecule has 0 heterocycles. The number of aromatic carboxylic acids is 3. The third kappa shape index (κ3) is 9.41. The summed E-state index contributed by atoms with van der Waals surface area (Å²) in [6, 6.07) is 38.2. The normalized spacial score (nSPS) is 9.95. The maximum Gasteiger partial charge on any atom is 0.336 e. The second-order valence-corrected chi connectivity index (χ2v) is 11.3. The molecule has 0 bridgehead atoms. The van der Waals surface area contributed by atoms with Gasteiger partial charge in [-0.2, -0.15) is 0 Å². The van der Waals surface area contributed by atoms with Crippen LogP contribution in [0.4, 0.5) is 0 Å². The van der Waals surface area contributed by atoms with Crippen molar-refractivity contribution in [2.45, 2.75) is 24.2 Å². The van der Waals surface area contributed by atoms with Gasteiger partial charge >= 0.3 is 64.6 Å². The monoisotopic (exact) mass is 694 g/mol. The molecule has 44 heavy (non-hydrogen) atoms. The summed E-state index contributed by atoms with van der Waals surface area (Å²) < 4.78 is 1.47. The van der Waals surface area contributed by atoms with Crippen LogP contribution < -0.4 is 0 Å². The second-order valence-electron chi connectivity index (χ2n) is 9.64. The zero-order valence-electron chi connectivity index (χ0n) is 24.4. The number of benzene rings is 6. The number of rotatable bonds is 5. The molecule has 0 saturated carbocycles. The predicted molar refractivity (Wildman–Crippen MR) is 180 cm³/mol. The fraction of sp³-hybridized carbons (Fsp3) is 0.108. The summed E-state index contributed by atoms with van der Waals surface area (Å²) in [5.74, 6) is -2.63. The van der Waals surface area contributed by atoms with Crippen LogP contribution in [-0.4, -0.2) is 55.8 Å². The smallest absolute Gasteiger partial charge is 0.336 e. The van der Waals surface area contributed by atoms with Gasteiger partial charge < -0.3 is 15.3 Å². The minimum Gasteiger partial charge on any atom is -0.478 e. The molecule has 3 N–H and O–H groups in total. The van der Waals surface area contributed by atoms with E-state index < -0.39 is 17.9 Å². The molecule has 0 aliphatic heterocycles. The van der Waals surface area contributed by atoms with Gasteiger partial charge in [0.05, 0.1) is 16.7 Å².